The van der Waals surface area contributed by atoms with Gasteiger partial charge in [0.2, 0.25) is 0 Å². The minimum absolute atomic E-state index is 0.159. The van der Waals surface area contributed by atoms with Gasteiger partial charge < -0.3 is 9.84 Å². The minimum Gasteiger partial charge on any atom is -0.478 e. The number of carbonyl (C=O) groups excluding carboxylic acids is 1. The largest absolute Gasteiger partial charge is 0.478 e. The molecule has 2 unspecified atom stereocenters. The highest BCUT2D eigenvalue weighted by molar-refractivity contribution is 7.10. The highest BCUT2D eigenvalue weighted by atomic mass is 32.1. The first-order chi connectivity index (χ1) is 8.99. The molecule has 1 aromatic rings. The summed E-state index contributed by atoms with van der Waals surface area (Å²) >= 11 is 1.36. The van der Waals surface area contributed by atoms with E-state index in [1.807, 2.05) is 13.8 Å². The van der Waals surface area contributed by atoms with Crippen molar-refractivity contribution in [3.8, 4) is 0 Å². The molecule has 19 heavy (non-hydrogen) atoms. The number of nitrogens with one attached hydrogen (secondary N) is 1. The molecule has 0 bridgehead atoms. The number of esters is 1. The van der Waals surface area contributed by atoms with Crippen LogP contribution in [0.3, 0.4) is 0 Å². The van der Waals surface area contributed by atoms with Gasteiger partial charge in [0.05, 0.1) is 12.7 Å². The van der Waals surface area contributed by atoms with Crippen molar-refractivity contribution >= 4 is 23.3 Å². The zero-order valence-corrected chi connectivity index (χ0v) is 12.1. The first-order valence-corrected chi connectivity index (χ1v) is 6.99. The summed E-state index contributed by atoms with van der Waals surface area (Å²) in [6.07, 6.45) is 0.859. The average Bonchev–Trinajstić information content (AvgIpc) is 2.87. The number of hydrogen-bond acceptors (Lipinski definition) is 5. The number of aromatic carboxylic acids is 1. The van der Waals surface area contributed by atoms with Gasteiger partial charge in [-0.25, -0.2) is 4.79 Å². The molecular weight excluding hydrogens is 266 g/mol. The summed E-state index contributed by atoms with van der Waals surface area (Å²) in [6.45, 7) is 4.45. The second-order valence-electron chi connectivity index (χ2n) is 4.37. The summed E-state index contributed by atoms with van der Waals surface area (Å²) in [7, 11) is 1.37. The van der Waals surface area contributed by atoms with Crippen LogP contribution in [0, 0.1) is 5.92 Å². The lowest BCUT2D eigenvalue weighted by Crippen LogP contribution is -2.42. The number of carboxylic acids is 1. The molecule has 0 aliphatic heterocycles. The van der Waals surface area contributed by atoms with E-state index in [4.69, 9.17) is 9.84 Å². The summed E-state index contributed by atoms with van der Waals surface area (Å²) in [5, 5.41) is 13.6. The van der Waals surface area contributed by atoms with Gasteiger partial charge >= 0.3 is 11.9 Å². The average molecular weight is 285 g/mol. The maximum atomic E-state index is 11.7. The first kappa shape index (κ1) is 15.7. The number of carbonyl (C=O) groups is 2. The molecular formula is C13H19NO4S. The van der Waals surface area contributed by atoms with Crippen LogP contribution in [0.15, 0.2) is 11.4 Å². The van der Waals surface area contributed by atoms with E-state index in [1.54, 1.807) is 11.4 Å². The van der Waals surface area contributed by atoms with Crippen molar-refractivity contribution in [2.45, 2.75) is 32.9 Å². The summed E-state index contributed by atoms with van der Waals surface area (Å²) in [5.74, 6) is -1.07. The van der Waals surface area contributed by atoms with Gasteiger partial charge in [-0.15, -0.1) is 11.3 Å². The molecule has 1 aromatic heterocycles. The molecule has 6 heteroatoms. The molecule has 0 amide bonds. The van der Waals surface area contributed by atoms with Crippen molar-refractivity contribution in [3.05, 3.63) is 21.9 Å². The quantitative estimate of drug-likeness (QED) is 0.751. The first-order valence-electron chi connectivity index (χ1n) is 6.11. The maximum absolute atomic E-state index is 11.7. The Morgan fingerprint density at radius 3 is 2.68 bits per heavy atom. The van der Waals surface area contributed by atoms with Gasteiger partial charge in [-0.1, -0.05) is 20.3 Å². The van der Waals surface area contributed by atoms with Gasteiger partial charge in [0.25, 0.3) is 0 Å². The number of thiophene rings is 1. The molecule has 0 fully saturated rings. The van der Waals surface area contributed by atoms with Crippen molar-refractivity contribution in [3.63, 3.8) is 0 Å². The van der Waals surface area contributed by atoms with E-state index in [0.717, 1.165) is 11.3 Å². The van der Waals surface area contributed by atoms with Crippen LogP contribution in [0.25, 0.3) is 0 Å². The van der Waals surface area contributed by atoms with Crippen LogP contribution < -0.4 is 5.32 Å². The van der Waals surface area contributed by atoms with Gasteiger partial charge in [0, 0.05) is 16.8 Å². The standard InChI is InChI=1S/C13H19NO4S/c1-4-8(2)11(13(17)18-3)14-6-10-5-9(7-19-10)12(15)16/h5,7-8,11,14H,4,6H2,1-3H3,(H,15,16). The Morgan fingerprint density at radius 2 is 2.21 bits per heavy atom. The van der Waals surface area contributed by atoms with Gasteiger partial charge in [0.15, 0.2) is 0 Å². The fourth-order valence-electron chi connectivity index (χ4n) is 1.68. The van der Waals surface area contributed by atoms with E-state index in [2.05, 4.69) is 5.32 Å². The van der Waals surface area contributed by atoms with Crippen molar-refractivity contribution < 1.29 is 19.4 Å². The van der Waals surface area contributed by atoms with E-state index in [0.29, 0.717) is 6.54 Å². The number of rotatable bonds is 7. The molecule has 106 valence electrons. The Hall–Kier alpha value is -1.40. The van der Waals surface area contributed by atoms with Crippen molar-refractivity contribution in [2.75, 3.05) is 7.11 Å². The molecule has 0 aliphatic carbocycles. The molecule has 0 aliphatic rings. The lowest BCUT2D eigenvalue weighted by molar-refractivity contribution is -0.144. The minimum atomic E-state index is -0.936. The predicted octanol–water partition coefficient (Wildman–Crippen LogP) is 2.12. The number of carboxylic acid groups (broad SMARTS) is 1. The highest BCUT2D eigenvalue weighted by Crippen LogP contribution is 2.16. The Kier molecular flexibility index (Phi) is 5.98. The molecule has 1 rings (SSSR count). The Bertz CT molecular complexity index is 444. The third kappa shape index (κ3) is 4.33. The molecule has 0 radical (unpaired) electrons. The normalized spacial score (nSPS) is 13.8. The molecule has 5 nitrogen and oxygen atoms in total. The second-order valence-corrected chi connectivity index (χ2v) is 5.37. The SMILES string of the molecule is CCC(C)C(NCc1cc(C(=O)O)cs1)C(=O)OC. The summed E-state index contributed by atoms with van der Waals surface area (Å²) in [4.78, 5) is 23.3. The zero-order valence-electron chi connectivity index (χ0n) is 11.3. The fraction of sp³-hybridized carbons (Fsp3) is 0.538. The topological polar surface area (TPSA) is 75.6 Å². The lowest BCUT2D eigenvalue weighted by atomic mass is 9.99. The molecule has 0 saturated heterocycles. The van der Waals surface area contributed by atoms with E-state index < -0.39 is 5.97 Å². The Balaban J connectivity index is 2.64. The van der Waals surface area contributed by atoms with Crippen LogP contribution in [0.5, 0.6) is 0 Å². The summed E-state index contributed by atoms with van der Waals surface area (Å²) < 4.78 is 4.78. The van der Waals surface area contributed by atoms with Gasteiger partial charge in [-0.05, 0) is 12.0 Å². The summed E-state index contributed by atoms with van der Waals surface area (Å²) in [5.41, 5.74) is 0.278. The molecule has 2 atom stereocenters. The number of methoxy groups -OCH3 is 1. The van der Waals surface area contributed by atoms with E-state index >= 15 is 0 Å². The van der Waals surface area contributed by atoms with Crippen molar-refractivity contribution in [1.29, 1.82) is 0 Å². The molecule has 0 aromatic carbocycles. The Morgan fingerprint density at radius 1 is 1.53 bits per heavy atom. The molecule has 1 heterocycles. The molecule has 0 spiro atoms. The van der Waals surface area contributed by atoms with Gasteiger partial charge in [0.1, 0.15) is 6.04 Å². The van der Waals surface area contributed by atoms with Gasteiger partial charge in [-0.2, -0.15) is 0 Å². The van der Waals surface area contributed by atoms with E-state index in [1.165, 1.54) is 18.4 Å². The number of ether oxygens (including phenoxy) is 1. The predicted molar refractivity (Wildman–Crippen MR) is 73.4 cm³/mol. The van der Waals surface area contributed by atoms with Crippen LogP contribution in [0.1, 0.15) is 35.5 Å². The molecule has 2 N–H and O–H groups in total. The van der Waals surface area contributed by atoms with E-state index in [-0.39, 0.29) is 23.5 Å². The Labute approximate surface area is 116 Å². The third-order valence-corrected chi connectivity index (χ3v) is 4.00. The summed E-state index contributed by atoms with van der Waals surface area (Å²) in [6, 6.07) is 1.25. The van der Waals surface area contributed by atoms with E-state index in [9.17, 15) is 9.59 Å². The van der Waals surface area contributed by atoms with Crippen LogP contribution in [-0.2, 0) is 16.1 Å². The van der Waals surface area contributed by atoms with Gasteiger partial charge in [-0.3, -0.25) is 10.1 Å². The smallest absolute Gasteiger partial charge is 0.336 e. The second kappa shape index (κ2) is 7.25. The zero-order chi connectivity index (χ0) is 14.4. The van der Waals surface area contributed by atoms with Crippen LogP contribution in [0.2, 0.25) is 0 Å². The maximum Gasteiger partial charge on any atom is 0.336 e. The molecule has 0 saturated carbocycles. The highest BCUT2D eigenvalue weighted by Gasteiger charge is 2.24. The lowest BCUT2D eigenvalue weighted by Gasteiger charge is -2.21. The van der Waals surface area contributed by atoms with Crippen LogP contribution in [-0.4, -0.2) is 30.2 Å². The fourth-order valence-corrected chi connectivity index (χ4v) is 2.48. The van der Waals surface area contributed by atoms with Crippen molar-refractivity contribution in [2.24, 2.45) is 5.92 Å². The number of hydrogen-bond donors (Lipinski definition) is 2. The van der Waals surface area contributed by atoms with Crippen LogP contribution >= 0.6 is 11.3 Å². The van der Waals surface area contributed by atoms with Crippen LogP contribution in [0.4, 0.5) is 0 Å². The third-order valence-electron chi connectivity index (χ3n) is 3.07. The monoisotopic (exact) mass is 285 g/mol. The van der Waals surface area contributed by atoms with Crippen molar-refractivity contribution in [1.82, 2.24) is 5.32 Å².